The van der Waals surface area contributed by atoms with Gasteiger partial charge < -0.3 is 10.2 Å². The van der Waals surface area contributed by atoms with Crippen molar-refractivity contribution in [2.45, 2.75) is 39.0 Å². The van der Waals surface area contributed by atoms with E-state index in [0.717, 1.165) is 25.1 Å². The zero-order valence-electron chi connectivity index (χ0n) is 11.9. The molecule has 1 aliphatic rings. The molecule has 0 radical (unpaired) electrons. The van der Waals surface area contributed by atoms with E-state index in [2.05, 4.69) is 29.2 Å². The number of pyridine rings is 1. The third kappa shape index (κ3) is 3.69. The van der Waals surface area contributed by atoms with Crippen LogP contribution >= 0.6 is 0 Å². The van der Waals surface area contributed by atoms with Crippen LogP contribution in [0.25, 0.3) is 0 Å². The van der Waals surface area contributed by atoms with E-state index in [9.17, 15) is 4.79 Å². The van der Waals surface area contributed by atoms with Crippen molar-refractivity contribution in [3.8, 4) is 0 Å². The summed E-state index contributed by atoms with van der Waals surface area (Å²) in [6.07, 6.45) is 7.40. The molecule has 4 heteroatoms. The molecular weight excluding hydrogens is 238 g/mol. The van der Waals surface area contributed by atoms with E-state index in [1.165, 1.54) is 19.3 Å². The molecule has 2 rings (SSSR count). The quantitative estimate of drug-likeness (QED) is 0.856. The molecule has 4 nitrogen and oxygen atoms in total. The maximum absolute atomic E-state index is 11.8. The predicted octanol–water partition coefficient (Wildman–Crippen LogP) is 3.06. The summed E-state index contributed by atoms with van der Waals surface area (Å²) in [6.45, 7) is 3.22. The first kappa shape index (κ1) is 13.8. The third-order valence-electron chi connectivity index (χ3n) is 3.76. The maximum atomic E-state index is 11.8. The van der Waals surface area contributed by atoms with Crippen LogP contribution in [-0.2, 0) is 4.79 Å². The van der Waals surface area contributed by atoms with Crippen LogP contribution in [0.2, 0.25) is 0 Å². The Hall–Kier alpha value is -1.58. The summed E-state index contributed by atoms with van der Waals surface area (Å²) in [5.41, 5.74) is 1.09. The fourth-order valence-corrected chi connectivity index (χ4v) is 2.11. The van der Waals surface area contributed by atoms with Crippen LogP contribution in [0.5, 0.6) is 0 Å². The van der Waals surface area contributed by atoms with Crippen LogP contribution < -0.4 is 10.2 Å². The van der Waals surface area contributed by atoms with Crippen LogP contribution in [0.15, 0.2) is 18.3 Å². The molecule has 0 bridgehead atoms. The minimum absolute atomic E-state index is 0.117. The highest BCUT2D eigenvalue weighted by Crippen LogP contribution is 2.27. The smallest absolute Gasteiger partial charge is 0.228 e. The van der Waals surface area contributed by atoms with Crippen LogP contribution in [0, 0.1) is 5.92 Å². The zero-order chi connectivity index (χ0) is 13.7. The van der Waals surface area contributed by atoms with Crippen LogP contribution in [0.4, 0.5) is 11.5 Å². The molecule has 1 heterocycles. The minimum atomic E-state index is 0.117. The van der Waals surface area contributed by atoms with Gasteiger partial charge in [0.25, 0.3) is 0 Å². The van der Waals surface area contributed by atoms with E-state index in [-0.39, 0.29) is 11.8 Å². The fraction of sp³-hybridized carbons (Fsp3) is 0.600. The van der Waals surface area contributed by atoms with Gasteiger partial charge in [0.05, 0.1) is 11.9 Å². The summed E-state index contributed by atoms with van der Waals surface area (Å²) >= 11 is 0. The third-order valence-corrected chi connectivity index (χ3v) is 3.76. The van der Waals surface area contributed by atoms with Crippen molar-refractivity contribution in [2.24, 2.45) is 5.92 Å². The first-order chi connectivity index (χ1) is 9.20. The lowest BCUT2D eigenvalue weighted by Gasteiger charge is -2.24. The Labute approximate surface area is 115 Å². The highest BCUT2D eigenvalue weighted by atomic mass is 16.2. The fourth-order valence-electron chi connectivity index (χ4n) is 2.11. The monoisotopic (exact) mass is 261 g/mol. The van der Waals surface area contributed by atoms with Crippen molar-refractivity contribution in [1.29, 1.82) is 0 Å². The normalized spacial score (nSPS) is 14.8. The van der Waals surface area contributed by atoms with E-state index in [1.54, 1.807) is 0 Å². The van der Waals surface area contributed by atoms with Gasteiger partial charge in [0.15, 0.2) is 0 Å². The number of nitrogens with zero attached hydrogens (tertiary/aromatic N) is 2. The highest BCUT2D eigenvalue weighted by molar-refractivity contribution is 5.92. The summed E-state index contributed by atoms with van der Waals surface area (Å²) in [6, 6.07) is 3.90. The number of hydrogen-bond acceptors (Lipinski definition) is 3. The van der Waals surface area contributed by atoms with Crippen LogP contribution in [-0.4, -0.2) is 24.5 Å². The van der Waals surface area contributed by atoms with Crippen molar-refractivity contribution < 1.29 is 4.79 Å². The molecule has 0 atom stereocenters. The van der Waals surface area contributed by atoms with Gasteiger partial charge in [-0.15, -0.1) is 0 Å². The SMILES string of the molecule is CCCCN(C)c1ccc(NC(=O)C2CCC2)nc1. The summed E-state index contributed by atoms with van der Waals surface area (Å²) in [5, 5.41) is 2.88. The lowest BCUT2D eigenvalue weighted by atomic mass is 9.85. The highest BCUT2D eigenvalue weighted by Gasteiger charge is 2.25. The molecule has 1 N–H and O–H groups in total. The molecule has 0 aromatic carbocycles. The van der Waals surface area contributed by atoms with Crippen molar-refractivity contribution in [3.05, 3.63) is 18.3 Å². The Balaban J connectivity index is 1.88. The van der Waals surface area contributed by atoms with E-state index in [1.807, 2.05) is 18.3 Å². The van der Waals surface area contributed by atoms with Crippen molar-refractivity contribution >= 4 is 17.4 Å². The topological polar surface area (TPSA) is 45.2 Å². The first-order valence-corrected chi connectivity index (χ1v) is 7.18. The van der Waals surface area contributed by atoms with Gasteiger partial charge in [0.1, 0.15) is 5.82 Å². The summed E-state index contributed by atoms with van der Waals surface area (Å²) < 4.78 is 0. The first-order valence-electron chi connectivity index (χ1n) is 7.18. The number of hydrogen-bond donors (Lipinski definition) is 1. The molecule has 1 aromatic rings. The molecule has 1 aliphatic carbocycles. The average molecular weight is 261 g/mol. The Morgan fingerprint density at radius 1 is 1.47 bits per heavy atom. The predicted molar refractivity (Wildman–Crippen MR) is 78.4 cm³/mol. The van der Waals surface area contributed by atoms with Gasteiger partial charge in [0.2, 0.25) is 5.91 Å². The number of amides is 1. The number of aromatic nitrogens is 1. The maximum Gasteiger partial charge on any atom is 0.228 e. The summed E-state index contributed by atoms with van der Waals surface area (Å²) in [7, 11) is 2.07. The number of anilines is 2. The minimum Gasteiger partial charge on any atom is -0.373 e. The number of carbonyl (C=O) groups is 1. The molecule has 0 saturated heterocycles. The van der Waals surface area contributed by atoms with Gasteiger partial charge in [-0.3, -0.25) is 4.79 Å². The van der Waals surface area contributed by atoms with Gasteiger partial charge in [-0.05, 0) is 31.4 Å². The van der Waals surface area contributed by atoms with Crippen LogP contribution in [0.3, 0.4) is 0 Å². The Morgan fingerprint density at radius 2 is 2.26 bits per heavy atom. The van der Waals surface area contributed by atoms with Crippen molar-refractivity contribution in [2.75, 3.05) is 23.8 Å². The lowest BCUT2D eigenvalue weighted by Crippen LogP contribution is -2.28. The standard InChI is InChI=1S/C15H23N3O/c1-3-4-10-18(2)13-8-9-14(16-11-13)17-15(19)12-6-5-7-12/h8-9,11-12H,3-7,10H2,1-2H3,(H,16,17,19). The second-order valence-electron chi connectivity index (χ2n) is 5.29. The van der Waals surface area contributed by atoms with E-state index in [0.29, 0.717) is 5.82 Å². The van der Waals surface area contributed by atoms with Gasteiger partial charge in [-0.2, -0.15) is 0 Å². The van der Waals surface area contributed by atoms with Gasteiger partial charge >= 0.3 is 0 Å². The van der Waals surface area contributed by atoms with Crippen molar-refractivity contribution in [1.82, 2.24) is 4.98 Å². The lowest BCUT2D eigenvalue weighted by molar-refractivity contribution is -0.122. The Bertz CT molecular complexity index is 412. The zero-order valence-corrected chi connectivity index (χ0v) is 11.9. The van der Waals surface area contributed by atoms with Gasteiger partial charge in [-0.1, -0.05) is 19.8 Å². The molecule has 0 spiro atoms. The molecule has 1 aromatic heterocycles. The molecule has 1 saturated carbocycles. The van der Waals surface area contributed by atoms with Gasteiger partial charge in [0, 0.05) is 19.5 Å². The Kier molecular flexibility index (Phi) is 4.77. The molecule has 0 unspecified atom stereocenters. The summed E-state index contributed by atoms with van der Waals surface area (Å²) in [4.78, 5) is 18.3. The van der Waals surface area contributed by atoms with Crippen molar-refractivity contribution in [3.63, 3.8) is 0 Å². The molecule has 0 aliphatic heterocycles. The number of carbonyl (C=O) groups excluding carboxylic acids is 1. The number of unbranched alkanes of at least 4 members (excludes halogenated alkanes) is 1. The average Bonchev–Trinajstić information content (AvgIpc) is 2.34. The second kappa shape index (κ2) is 6.55. The molecule has 1 fully saturated rings. The number of rotatable bonds is 6. The van der Waals surface area contributed by atoms with E-state index < -0.39 is 0 Å². The number of nitrogens with one attached hydrogen (secondary N) is 1. The largest absolute Gasteiger partial charge is 0.373 e. The molecule has 1 amide bonds. The molecular formula is C15H23N3O. The van der Waals surface area contributed by atoms with E-state index in [4.69, 9.17) is 0 Å². The molecule has 19 heavy (non-hydrogen) atoms. The second-order valence-corrected chi connectivity index (χ2v) is 5.29. The van der Waals surface area contributed by atoms with E-state index >= 15 is 0 Å². The van der Waals surface area contributed by atoms with Gasteiger partial charge in [-0.25, -0.2) is 4.98 Å². The summed E-state index contributed by atoms with van der Waals surface area (Å²) in [5.74, 6) is 0.976. The molecule has 104 valence electrons. The Morgan fingerprint density at radius 3 is 2.79 bits per heavy atom. The van der Waals surface area contributed by atoms with Crippen LogP contribution in [0.1, 0.15) is 39.0 Å².